The second kappa shape index (κ2) is 5.01. The fraction of sp³-hybridized carbons (Fsp3) is 0.200. The van der Waals surface area contributed by atoms with Gasteiger partial charge in [-0.15, -0.1) is 0 Å². The molecule has 74 valence electrons. The molecule has 0 spiro atoms. The fourth-order valence-corrected chi connectivity index (χ4v) is 0.917. The Morgan fingerprint density at radius 2 is 2.50 bits per heavy atom. The van der Waals surface area contributed by atoms with Crippen LogP contribution in [0.25, 0.3) is 6.08 Å². The number of nitrogen functional groups attached to an aromatic ring is 1. The lowest BCUT2D eigenvalue weighted by atomic mass is 10.2. The van der Waals surface area contributed by atoms with E-state index in [9.17, 15) is 4.79 Å². The molecule has 1 rings (SSSR count). The van der Waals surface area contributed by atoms with Crippen molar-refractivity contribution in [3.63, 3.8) is 0 Å². The first-order valence-corrected chi connectivity index (χ1v) is 4.28. The summed E-state index contributed by atoms with van der Waals surface area (Å²) in [5.41, 5.74) is 6.91. The molecule has 0 radical (unpaired) electrons. The summed E-state index contributed by atoms with van der Waals surface area (Å²) in [4.78, 5) is 14.8. The number of ether oxygens (including phenoxy) is 1. The summed E-state index contributed by atoms with van der Waals surface area (Å²) in [7, 11) is 0. The van der Waals surface area contributed by atoms with Crippen LogP contribution in [0.3, 0.4) is 0 Å². The maximum absolute atomic E-state index is 11.0. The lowest BCUT2D eigenvalue weighted by molar-refractivity contribution is -0.137. The standard InChI is InChI=1S/C10H12N2O2/c1-2-14-10(13)4-3-8-5-6-12-7-9(8)11/h3-7H,2,11H2,1H3/b4-3+. The van der Waals surface area contributed by atoms with Gasteiger partial charge in [-0.25, -0.2) is 4.79 Å². The lowest BCUT2D eigenvalue weighted by Gasteiger charge is -1.98. The number of carbonyl (C=O) groups excluding carboxylic acids is 1. The molecule has 0 aliphatic heterocycles. The van der Waals surface area contributed by atoms with E-state index in [1.807, 2.05) is 0 Å². The first-order chi connectivity index (χ1) is 6.74. The van der Waals surface area contributed by atoms with Crippen LogP contribution >= 0.6 is 0 Å². The van der Waals surface area contributed by atoms with Crippen molar-refractivity contribution in [3.05, 3.63) is 30.1 Å². The minimum Gasteiger partial charge on any atom is -0.463 e. The van der Waals surface area contributed by atoms with Gasteiger partial charge in [-0.05, 0) is 19.1 Å². The van der Waals surface area contributed by atoms with Crippen LogP contribution in [0.4, 0.5) is 5.69 Å². The van der Waals surface area contributed by atoms with E-state index in [0.717, 1.165) is 5.56 Å². The van der Waals surface area contributed by atoms with Gasteiger partial charge in [-0.2, -0.15) is 0 Å². The Morgan fingerprint density at radius 1 is 1.71 bits per heavy atom. The Hall–Kier alpha value is -1.84. The number of rotatable bonds is 3. The molecular formula is C10H12N2O2. The van der Waals surface area contributed by atoms with Crippen LogP contribution < -0.4 is 5.73 Å². The number of nitrogens with two attached hydrogens (primary N) is 1. The normalized spacial score (nSPS) is 10.4. The molecule has 0 aromatic carbocycles. The van der Waals surface area contributed by atoms with E-state index in [-0.39, 0.29) is 5.97 Å². The van der Waals surface area contributed by atoms with E-state index in [1.165, 1.54) is 12.3 Å². The average Bonchev–Trinajstić information content (AvgIpc) is 2.17. The molecule has 2 N–H and O–H groups in total. The van der Waals surface area contributed by atoms with Crippen molar-refractivity contribution in [1.29, 1.82) is 0 Å². The molecule has 1 aromatic rings. The SMILES string of the molecule is CCOC(=O)/C=C/c1ccncc1N. The van der Waals surface area contributed by atoms with Crippen molar-refractivity contribution in [2.75, 3.05) is 12.3 Å². The third-order valence-electron chi connectivity index (χ3n) is 1.57. The van der Waals surface area contributed by atoms with E-state index in [0.29, 0.717) is 12.3 Å². The van der Waals surface area contributed by atoms with E-state index in [2.05, 4.69) is 4.98 Å². The molecular weight excluding hydrogens is 180 g/mol. The number of anilines is 1. The van der Waals surface area contributed by atoms with Crippen LogP contribution in [-0.4, -0.2) is 17.6 Å². The van der Waals surface area contributed by atoms with Crippen LogP contribution in [0.2, 0.25) is 0 Å². The highest BCUT2D eigenvalue weighted by molar-refractivity contribution is 5.88. The molecule has 0 saturated heterocycles. The number of pyridine rings is 1. The first-order valence-electron chi connectivity index (χ1n) is 4.28. The predicted molar refractivity (Wildman–Crippen MR) is 54.3 cm³/mol. The van der Waals surface area contributed by atoms with Gasteiger partial charge in [-0.3, -0.25) is 4.98 Å². The minimum absolute atomic E-state index is 0.370. The summed E-state index contributed by atoms with van der Waals surface area (Å²) in [5.74, 6) is -0.372. The summed E-state index contributed by atoms with van der Waals surface area (Å²) < 4.78 is 4.72. The second-order valence-electron chi connectivity index (χ2n) is 2.59. The van der Waals surface area contributed by atoms with Gasteiger partial charge in [0.2, 0.25) is 0 Å². The Morgan fingerprint density at radius 3 is 3.14 bits per heavy atom. The maximum Gasteiger partial charge on any atom is 0.330 e. The number of nitrogens with zero attached hydrogens (tertiary/aromatic N) is 1. The quantitative estimate of drug-likeness (QED) is 0.578. The topological polar surface area (TPSA) is 65.2 Å². The van der Waals surface area contributed by atoms with Crippen molar-refractivity contribution < 1.29 is 9.53 Å². The van der Waals surface area contributed by atoms with Crippen molar-refractivity contribution in [1.82, 2.24) is 4.98 Å². The molecule has 0 saturated carbocycles. The Kier molecular flexibility index (Phi) is 3.67. The van der Waals surface area contributed by atoms with Gasteiger partial charge in [0, 0.05) is 17.8 Å². The number of aromatic nitrogens is 1. The van der Waals surface area contributed by atoms with Gasteiger partial charge < -0.3 is 10.5 Å². The maximum atomic E-state index is 11.0. The molecule has 0 atom stereocenters. The smallest absolute Gasteiger partial charge is 0.330 e. The molecule has 4 heteroatoms. The zero-order chi connectivity index (χ0) is 10.4. The summed E-state index contributed by atoms with van der Waals surface area (Å²) in [6.07, 6.45) is 6.09. The van der Waals surface area contributed by atoms with Crippen molar-refractivity contribution in [2.45, 2.75) is 6.92 Å². The summed E-state index contributed by atoms with van der Waals surface area (Å²) in [6, 6.07) is 1.73. The third-order valence-corrected chi connectivity index (χ3v) is 1.57. The first kappa shape index (κ1) is 10.2. The second-order valence-corrected chi connectivity index (χ2v) is 2.59. The molecule has 0 aliphatic carbocycles. The van der Waals surface area contributed by atoms with Crippen molar-refractivity contribution in [3.8, 4) is 0 Å². The Bertz CT molecular complexity index is 348. The van der Waals surface area contributed by atoms with E-state index in [4.69, 9.17) is 10.5 Å². The Balaban J connectivity index is 2.69. The van der Waals surface area contributed by atoms with Crippen LogP contribution in [0.1, 0.15) is 12.5 Å². The van der Waals surface area contributed by atoms with Crippen LogP contribution in [0.5, 0.6) is 0 Å². The lowest BCUT2D eigenvalue weighted by Crippen LogP contribution is -1.99. The number of hydrogen-bond acceptors (Lipinski definition) is 4. The molecule has 1 heterocycles. The zero-order valence-electron chi connectivity index (χ0n) is 7.93. The van der Waals surface area contributed by atoms with Gasteiger partial charge in [-0.1, -0.05) is 0 Å². The molecule has 0 amide bonds. The highest BCUT2D eigenvalue weighted by atomic mass is 16.5. The average molecular weight is 192 g/mol. The van der Waals surface area contributed by atoms with Crippen LogP contribution in [0.15, 0.2) is 24.5 Å². The van der Waals surface area contributed by atoms with Crippen LogP contribution in [0, 0.1) is 0 Å². The molecule has 14 heavy (non-hydrogen) atoms. The predicted octanol–water partition coefficient (Wildman–Crippen LogP) is 1.24. The zero-order valence-corrected chi connectivity index (χ0v) is 7.93. The van der Waals surface area contributed by atoms with E-state index >= 15 is 0 Å². The fourth-order valence-electron chi connectivity index (χ4n) is 0.917. The van der Waals surface area contributed by atoms with Gasteiger partial charge >= 0.3 is 5.97 Å². The van der Waals surface area contributed by atoms with Gasteiger partial charge in [0.05, 0.1) is 18.5 Å². The molecule has 0 fully saturated rings. The summed E-state index contributed by atoms with van der Waals surface area (Å²) >= 11 is 0. The monoisotopic (exact) mass is 192 g/mol. The highest BCUT2D eigenvalue weighted by Gasteiger charge is 1.96. The van der Waals surface area contributed by atoms with E-state index in [1.54, 1.807) is 25.3 Å². The number of carbonyl (C=O) groups is 1. The molecule has 4 nitrogen and oxygen atoms in total. The largest absolute Gasteiger partial charge is 0.463 e. The van der Waals surface area contributed by atoms with Gasteiger partial charge in [0.25, 0.3) is 0 Å². The number of esters is 1. The van der Waals surface area contributed by atoms with Gasteiger partial charge in [0.15, 0.2) is 0 Å². The molecule has 1 aromatic heterocycles. The van der Waals surface area contributed by atoms with Crippen molar-refractivity contribution in [2.24, 2.45) is 0 Å². The van der Waals surface area contributed by atoms with Crippen LogP contribution in [-0.2, 0) is 9.53 Å². The summed E-state index contributed by atoms with van der Waals surface area (Å²) in [5, 5.41) is 0. The number of hydrogen-bond donors (Lipinski definition) is 1. The molecule has 0 bridgehead atoms. The Labute approximate surface area is 82.4 Å². The van der Waals surface area contributed by atoms with Crippen molar-refractivity contribution >= 4 is 17.7 Å². The third kappa shape index (κ3) is 2.90. The van der Waals surface area contributed by atoms with Gasteiger partial charge in [0.1, 0.15) is 0 Å². The molecule has 0 unspecified atom stereocenters. The highest BCUT2D eigenvalue weighted by Crippen LogP contribution is 2.10. The van der Waals surface area contributed by atoms with E-state index < -0.39 is 0 Å². The molecule has 0 aliphatic rings. The summed E-state index contributed by atoms with van der Waals surface area (Å²) in [6.45, 7) is 2.13. The minimum atomic E-state index is -0.372.